The van der Waals surface area contributed by atoms with Crippen LogP contribution in [0.3, 0.4) is 0 Å². The Kier molecular flexibility index (Phi) is 3.64. The Morgan fingerprint density at radius 3 is 2.88 bits per heavy atom. The van der Waals surface area contributed by atoms with Gasteiger partial charge in [0.1, 0.15) is 11.5 Å². The van der Waals surface area contributed by atoms with Gasteiger partial charge in [0.25, 0.3) is 0 Å². The third-order valence-electron chi connectivity index (χ3n) is 2.48. The topological polar surface area (TPSA) is 42.2 Å². The summed E-state index contributed by atoms with van der Waals surface area (Å²) in [6.45, 7) is 3.81. The summed E-state index contributed by atoms with van der Waals surface area (Å²) in [5.41, 5.74) is 0. The lowest BCUT2D eigenvalue weighted by Gasteiger charge is -2.10. The number of carbonyl (C=O) groups excluding carboxylic acids is 1. The molecule has 0 fully saturated rings. The largest absolute Gasteiger partial charge is 0.464 e. The summed E-state index contributed by atoms with van der Waals surface area (Å²) in [5.74, 6) is 1.68. The zero-order valence-corrected chi connectivity index (χ0v) is 10.7. The molecule has 90 valence electrons. The van der Waals surface area contributed by atoms with Crippen molar-refractivity contribution in [3.63, 3.8) is 0 Å². The van der Waals surface area contributed by atoms with Crippen LogP contribution in [-0.2, 0) is 11.2 Å². The van der Waals surface area contributed by atoms with Crippen molar-refractivity contribution in [2.75, 3.05) is 0 Å². The summed E-state index contributed by atoms with van der Waals surface area (Å²) in [6.07, 6.45) is 0.432. The molecule has 0 bridgehead atoms. The van der Waals surface area contributed by atoms with Crippen LogP contribution >= 0.6 is 11.3 Å². The molecule has 1 amide bonds. The van der Waals surface area contributed by atoms with Crippen LogP contribution in [0.25, 0.3) is 0 Å². The van der Waals surface area contributed by atoms with Crippen LogP contribution < -0.4 is 5.32 Å². The number of hydrogen-bond acceptors (Lipinski definition) is 3. The molecule has 3 nitrogen and oxygen atoms in total. The average molecular weight is 249 g/mol. The molecule has 2 aromatic rings. The molecule has 17 heavy (non-hydrogen) atoms. The molecule has 2 aromatic heterocycles. The number of amides is 1. The summed E-state index contributed by atoms with van der Waals surface area (Å²) in [7, 11) is 0. The van der Waals surface area contributed by atoms with E-state index in [4.69, 9.17) is 4.42 Å². The smallest absolute Gasteiger partial charge is 0.225 e. The van der Waals surface area contributed by atoms with E-state index >= 15 is 0 Å². The van der Waals surface area contributed by atoms with Crippen molar-refractivity contribution < 1.29 is 9.21 Å². The number of carbonyl (C=O) groups is 1. The molecule has 1 N–H and O–H groups in total. The highest BCUT2D eigenvalue weighted by Crippen LogP contribution is 2.16. The molecule has 4 heteroatoms. The molecule has 1 atom stereocenters. The highest BCUT2D eigenvalue weighted by Gasteiger charge is 2.13. The standard InChI is InChI=1S/C13H15NO2S/c1-9-5-6-12(16-9)10(2)14-13(15)8-11-4-3-7-17-11/h3-7,10H,8H2,1-2H3,(H,14,15). The third-order valence-corrected chi connectivity index (χ3v) is 3.36. The van der Waals surface area contributed by atoms with E-state index in [1.54, 1.807) is 11.3 Å². The minimum Gasteiger partial charge on any atom is -0.464 e. The van der Waals surface area contributed by atoms with Crippen molar-refractivity contribution in [2.45, 2.75) is 26.3 Å². The molecule has 0 aliphatic rings. The molecule has 0 saturated carbocycles. The Morgan fingerprint density at radius 2 is 2.29 bits per heavy atom. The molecule has 0 aliphatic heterocycles. The Hall–Kier alpha value is -1.55. The molecule has 0 saturated heterocycles. The Morgan fingerprint density at radius 1 is 1.47 bits per heavy atom. The Labute approximate surface area is 104 Å². The molecule has 0 radical (unpaired) electrons. The zero-order chi connectivity index (χ0) is 12.3. The van der Waals surface area contributed by atoms with Crippen molar-refractivity contribution >= 4 is 17.2 Å². The van der Waals surface area contributed by atoms with Crippen molar-refractivity contribution in [3.8, 4) is 0 Å². The van der Waals surface area contributed by atoms with Gasteiger partial charge in [0, 0.05) is 4.88 Å². The van der Waals surface area contributed by atoms with Crippen LogP contribution in [0, 0.1) is 6.92 Å². The van der Waals surface area contributed by atoms with Gasteiger partial charge in [-0.1, -0.05) is 6.07 Å². The number of hydrogen-bond donors (Lipinski definition) is 1. The van der Waals surface area contributed by atoms with E-state index in [0.29, 0.717) is 6.42 Å². The number of nitrogens with one attached hydrogen (secondary N) is 1. The van der Waals surface area contributed by atoms with E-state index in [1.807, 2.05) is 43.5 Å². The molecule has 0 aliphatic carbocycles. The average Bonchev–Trinajstić information content (AvgIpc) is 2.89. The predicted molar refractivity (Wildman–Crippen MR) is 68.0 cm³/mol. The first-order valence-electron chi connectivity index (χ1n) is 5.53. The van der Waals surface area contributed by atoms with E-state index in [-0.39, 0.29) is 11.9 Å². The highest BCUT2D eigenvalue weighted by atomic mass is 32.1. The van der Waals surface area contributed by atoms with Crippen molar-refractivity contribution in [3.05, 3.63) is 46.0 Å². The summed E-state index contributed by atoms with van der Waals surface area (Å²) in [5, 5.41) is 4.90. The van der Waals surface area contributed by atoms with E-state index < -0.39 is 0 Å². The summed E-state index contributed by atoms with van der Waals surface area (Å²) < 4.78 is 5.47. The van der Waals surface area contributed by atoms with Gasteiger partial charge in [-0.15, -0.1) is 11.3 Å². The van der Waals surface area contributed by atoms with E-state index in [1.165, 1.54) is 0 Å². The molecule has 0 spiro atoms. The lowest BCUT2D eigenvalue weighted by Crippen LogP contribution is -2.27. The maximum atomic E-state index is 11.8. The number of rotatable bonds is 4. The van der Waals surface area contributed by atoms with Crippen LogP contribution in [0.1, 0.15) is 29.4 Å². The highest BCUT2D eigenvalue weighted by molar-refractivity contribution is 7.10. The van der Waals surface area contributed by atoms with E-state index in [2.05, 4.69) is 5.32 Å². The fraction of sp³-hybridized carbons (Fsp3) is 0.308. The maximum absolute atomic E-state index is 11.8. The van der Waals surface area contributed by atoms with Crippen molar-refractivity contribution in [1.82, 2.24) is 5.32 Å². The summed E-state index contributed by atoms with van der Waals surface area (Å²) in [6, 6.07) is 7.62. The van der Waals surface area contributed by atoms with Crippen LogP contribution in [0.4, 0.5) is 0 Å². The first-order valence-corrected chi connectivity index (χ1v) is 6.41. The van der Waals surface area contributed by atoms with Gasteiger partial charge in [0.2, 0.25) is 5.91 Å². The van der Waals surface area contributed by atoms with Crippen LogP contribution in [0.5, 0.6) is 0 Å². The maximum Gasteiger partial charge on any atom is 0.225 e. The molecular weight excluding hydrogens is 234 g/mol. The summed E-state index contributed by atoms with van der Waals surface area (Å²) in [4.78, 5) is 12.8. The van der Waals surface area contributed by atoms with Gasteiger partial charge < -0.3 is 9.73 Å². The van der Waals surface area contributed by atoms with Gasteiger partial charge in [-0.05, 0) is 37.4 Å². The van der Waals surface area contributed by atoms with Crippen molar-refractivity contribution in [2.24, 2.45) is 0 Å². The van der Waals surface area contributed by atoms with Gasteiger partial charge >= 0.3 is 0 Å². The predicted octanol–water partition coefficient (Wildman–Crippen LogP) is 3.07. The van der Waals surface area contributed by atoms with Crippen LogP contribution in [0.2, 0.25) is 0 Å². The Balaban J connectivity index is 1.90. The van der Waals surface area contributed by atoms with Gasteiger partial charge in [-0.25, -0.2) is 0 Å². The Bertz CT molecular complexity index is 487. The van der Waals surface area contributed by atoms with Crippen LogP contribution in [0.15, 0.2) is 34.1 Å². The number of furan rings is 1. The molecule has 2 heterocycles. The second-order valence-corrected chi connectivity index (χ2v) is 5.03. The normalized spacial score (nSPS) is 12.4. The lowest BCUT2D eigenvalue weighted by atomic mass is 10.2. The lowest BCUT2D eigenvalue weighted by molar-refractivity contribution is -0.121. The monoisotopic (exact) mass is 249 g/mol. The van der Waals surface area contributed by atoms with Gasteiger partial charge in [-0.3, -0.25) is 4.79 Å². The molecule has 2 rings (SSSR count). The second-order valence-electron chi connectivity index (χ2n) is 3.99. The summed E-state index contributed by atoms with van der Waals surface area (Å²) >= 11 is 1.59. The van der Waals surface area contributed by atoms with E-state index in [0.717, 1.165) is 16.4 Å². The minimum absolute atomic E-state index is 0.0222. The first-order chi connectivity index (χ1) is 8.15. The SMILES string of the molecule is Cc1ccc(C(C)NC(=O)Cc2cccs2)o1. The van der Waals surface area contributed by atoms with Crippen molar-refractivity contribution in [1.29, 1.82) is 0 Å². The van der Waals surface area contributed by atoms with Gasteiger partial charge in [0.15, 0.2) is 0 Å². The molecular formula is C13H15NO2S. The number of aryl methyl sites for hydroxylation is 1. The second kappa shape index (κ2) is 5.19. The number of thiophene rings is 1. The zero-order valence-electron chi connectivity index (χ0n) is 9.90. The third kappa shape index (κ3) is 3.20. The fourth-order valence-electron chi connectivity index (χ4n) is 1.62. The van der Waals surface area contributed by atoms with E-state index in [9.17, 15) is 4.79 Å². The quantitative estimate of drug-likeness (QED) is 0.904. The van der Waals surface area contributed by atoms with Gasteiger partial charge in [0.05, 0.1) is 12.5 Å². The molecule has 1 unspecified atom stereocenters. The van der Waals surface area contributed by atoms with Gasteiger partial charge in [-0.2, -0.15) is 0 Å². The van der Waals surface area contributed by atoms with Crippen LogP contribution in [-0.4, -0.2) is 5.91 Å². The minimum atomic E-state index is -0.0869. The molecule has 0 aromatic carbocycles. The fourth-order valence-corrected chi connectivity index (χ4v) is 2.32. The first kappa shape index (κ1) is 11.9.